The third-order valence-corrected chi connectivity index (χ3v) is 5.00. The van der Waals surface area contributed by atoms with E-state index in [-0.39, 0.29) is 0 Å². The zero-order valence-electron chi connectivity index (χ0n) is 16.5. The van der Waals surface area contributed by atoms with Crippen molar-refractivity contribution in [3.05, 3.63) is 54.4 Å². The van der Waals surface area contributed by atoms with E-state index in [1.165, 1.54) is 0 Å². The van der Waals surface area contributed by atoms with Crippen molar-refractivity contribution < 1.29 is 14.0 Å². The number of hydrogen-bond donors (Lipinski definition) is 1. The molecule has 8 heteroatoms. The first kappa shape index (κ1) is 18.4. The zero-order valence-corrected chi connectivity index (χ0v) is 16.5. The van der Waals surface area contributed by atoms with Crippen LogP contribution in [0.25, 0.3) is 22.4 Å². The van der Waals surface area contributed by atoms with Gasteiger partial charge in [-0.2, -0.15) is 4.98 Å². The minimum absolute atomic E-state index is 0.409. The predicted octanol–water partition coefficient (Wildman–Crippen LogP) is 4.06. The number of aromatic nitrogens is 4. The first-order valence-corrected chi connectivity index (χ1v) is 9.92. The molecular weight excluding hydrogens is 382 g/mol. The summed E-state index contributed by atoms with van der Waals surface area (Å²) >= 11 is 0. The molecule has 2 heterocycles. The number of nitrogens with one attached hydrogen (secondary N) is 1. The largest absolute Gasteiger partial charge is 0.493 e. The van der Waals surface area contributed by atoms with Gasteiger partial charge in [0.2, 0.25) is 0 Å². The highest BCUT2D eigenvalue weighted by Crippen LogP contribution is 2.39. The Morgan fingerprint density at radius 2 is 1.77 bits per heavy atom. The molecule has 0 unspecified atom stereocenters. The van der Waals surface area contributed by atoms with Crippen LogP contribution in [0.4, 0.5) is 5.82 Å². The second-order valence-electron chi connectivity index (χ2n) is 7.10. The summed E-state index contributed by atoms with van der Waals surface area (Å²) in [7, 11) is 1.63. The fraction of sp³-hybridized carbons (Fsp3) is 0.273. The van der Waals surface area contributed by atoms with Crippen molar-refractivity contribution in [3.8, 4) is 23.1 Å². The second-order valence-corrected chi connectivity index (χ2v) is 7.10. The van der Waals surface area contributed by atoms with Crippen LogP contribution >= 0.6 is 0 Å². The molecule has 5 rings (SSSR count). The zero-order chi connectivity index (χ0) is 20.3. The monoisotopic (exact) mass is 403 g/mol. The molecule has 0 radical (unpaired) electrons. The SMILES string of the molecule is COc1ccccc1OCCNc1nnc(-c2nc(C3CC3)no2)c2ccccc12. The number of hydrogen-bond acceptors (Lipinski definition) is 8. The Balaban J connectivity index is 1.32. The first-order chi connectivity index (χ1) is 14.8. The molecule has 1 saturated carbocycles. The van der Waals surface area contributed by atoms with Gasteiger partial charge in [0.05, 0.1) is 13.7 Å². The van der Waals surface area contributed by atoms with Gasteiger partial charge in [-0.1, -0.05) is 41.6 Å². The van der Waals surface area contributed by atoms with Crippen molar-refractivity contribution in [2.24, 2.45) is 0 Å². The molecule has 0 saturated heterocycles. The maximum absolute atomic E-state index is 5.82. The highest BCUT2D eigenvalue weighted by molar-refractivity contribution is 5.98. The van der Waals surface area contributed by atoms with Crippen LogP contribution in [0.5, 0.6) is 11.5 Å². The van der Waals surface area contributed by atoms with Gasteiger partial charge in [0.1, 0.15) is 6.61 Å². The standard InChI is InChI=1S/C22H21N5O3/c1-28-17-8-4-5-9-18(17)29-13-12-23-21-16-7-3-2-6-15(16)19(25-26-21)22-24-20(27-30-22)14-10-11-14/h2-9,14H,10-13H2,1H3,(H,23,26). The van der Waals surface area contributed by atoms with Crippen LogP contribution in [0.15, 0.2) is 53.1 Å². The van der Waals surface area contributed by atoms with Crippen LogP contribution in [0.3, 0.4) is 0 Å². The lowest BCUT2D eigenvalue weighted by Gasteiger charge is -2.12. The van der Waals surface area contributed by atoms with E-state index >= 15 is 0 Å². The fourth-order valence-corrected chi connectivity index (χ4v) is 3.30. The maximum atomic E-state index is 5.82. The second kappa shape index (κ2) is 7.98. The van der Waals surface area contributed by atoms with Gasteiger partial charge in [-0.25, -0.2) is 0 Å². The Labute approximate surface area is 173 Å². The van der Waals surface area contributed by atoms with Crippen LogP contribution < -0.4 is 14.8 Å². The normalized spacial score (nSPS) is 13.4. The lowest BCUT2D eigenvalue weighted by Crippen LogP contribution is -2.13. The fourth-order valence-electron chi connectivity index (χ4n) is 3.30. The van der Waals surface area contributed by atoms with Crippen LogP contribution in [0.2, 0.25) is 0 Å². The van der Waals surface area contributed by atoms with Crippen LogP contribution in [0, 0.1) is 0 Å². The van der Waals surface area contributed by atoms with Gasteiger partial charge in [0, 0.05) is 16.7 Å². The van der Waals surface area contributed by atoms with E-state index in [9.17, 15) is 0 Å². The molecule has 0 aliphatic heterocycles. The molecule has 0 spiro atoms. The van der Waals surface area contributed by atoms with E-state index < -0.39 is 0 Å². The van der Waals surface area contributed by atoms with E-state index in [0.29, 0.717) is 48.0 Å². The molecule has 2 aromatic carbocycles. The van der Waals surface area contributed by atoms with Crippen LogP contribution in [-0.4, -0.2) is 40.6 Å². The highest BCUT2D eigenvalue weighted by Gasteiger charge is 2.29. The Kier molecular flexibility index (Phi) is 4.88. The molecular formula is C22H21N5O3. The van der Waals surface area contributed by atoms with E-state index in [1.807, 2.05) is 48.5 Å². The molecule has 8 nitrogen and oxygen atoms in total. The topological polar surface area (TPSA) is 95.2 Å². The summed E-state index contributed by atoms with van der Waals surface area (Å²) in [5.74, 6) is 3.68. The quantitative estimate of drug-likeness (QED) is 0.440. The summed E-state index contributed by atoms with van der Waals surface area (Å²) in [6.07, 6.45) is 2.23. The number of methoxy groups -OCH3 is 1. The van der Waals surface area contributed by atoms with Crippen molar-refractivity contribution in [2.45, 2.75) is 18.8 Å². The Bertz CT molecular complexity index is 1170. The van der Waals surface area contributed by atoms with Crippen LogP contribution in [-0.2, 0) is 0 Å². The number of anilines is 1. The van der Waals surface area contributed by atoms with Gasteiger partial charge in [0.25, 0.3) is 5.89 Å². The Morgan fingerprint density at radius 1 is 1.00 bits per heavy atom. The van der Waals surface area contributed by atoms with Crippen molar-refractivity contribution in [1.29, 1.82) is 0 Å². The first-order valence-electron chi connectivity index (χ1n) is 9.92. The third kappa shape index (κ3) is 3.63. The van der Waals surface area contributed by atoms with Gasteiger partial charge in [-0.3, -0.25) is 0 Å². The molecule has 1 fully saturated rings. The molecule has 1 aliphatic rings. The summed E-state index contributed by atoms with van der Waals surface area (Å²) in [6.45, 7) is 1.01. The highest BCUT2D eigenvalue weighted by atomic mass is 16.5. The molecule has 4 aromatic rings. The molecule has 0 amide bonds. The van der Waals surface area contributed by atoms with E-state index in [2.05, 4.69) is 25.7 Å². The number of para-hydroxylation sites is 2. The third-order valence-electron chi connectivity index (χ3n) is 5.00. The number of ether oxygens (including phenoxy) is 2. The van der Waals surface area contributed by atoms with Crippen molar-refractivity contribution in [2.75, 3.05) is 25.6 Å². The van der Waals surface area contributed by atoms with E-state index in [4.69, 9.17) is 14.0 Å². The summed E-state index contributed by atoms with van der Waals surface area (Å²) in [5.41, 5.74) is 0.598. The summed E-state index contributed by atoms with van der Waals surface area (Å²) in [4.78, 5) is 4.52. The van der Waals surface area contributed by atoms with E-state index in [0.717, 1.165) is 29.4 Å². The molecule has 152 valence electrons. The summed E-state index contributed by atoms with van der Waals surface area (Å²) in [6, 6.07) is 15.5. The number of benzene rings is 2. The lowest BCUT2D eigenvalue weighted by molar-refractivity contribution is 0.306. The molecule has 0 bridgehead atoms. The summed E-state index contributed by atoms with van der Waals surface area (Å²) < 4.78 is 16.6. The van der Waals surface area contributed by atoms with Crippen molar-refractivity contribution in [1.82, 2.24) is 20.3 Å². The number of fused-ring (bicyclic) bond motifs is 1. The van der Waals surface area contributed by atoms with Crippen molar-refractivity contribution in [3.63, 3.8) is 0 Å². The average Bonchev–Trinajstić information content (AvgIpc) is 3.54. The smallest absolute Gasteiger partial charge is 0.279 e. The maximum Gasteiger partial charge on any atom is 0.279 e. The Hall–Kier alpha value is -3.68. The van der Waals surface area contributed by atoms with Gasteiger partial charge >= 0.3 is 0 Å². The molecule has 30 heavy (non-hydrogen) atoms. The average molecular weight is 403 g/mol. The molecule has 1 aliphatic carbocycles. The van der Waals surface area contributed by atoms with Gasteiger partial charge in [-0.05, 0) is 25.0 Å². The number of rotatable bonds is 8. The van der Waals surface area contributed by atoms with Gasteiger partial charge < -0.3 is 19.3 Å². The lowest BCUT2D eigenvalue weighted by atomic mass is 10.1. The van der Waals surface area contributed by atoms with Crippen molar-refractivity contribution >= 4 is 16.6 Å². The van der Waals surface area contributed by atoms with E-state index in [1.54, 1.807) is 7.11 Å². The van der Waals surface area contributed by atoms with Gasteiger partial charge in [-0.15, -0.1) is 10.2 Å². The summed E-state index contributed by atoms with van der Waals surface area (Å²) in [5, 5.41) is 18.0. The minimum atomic E-state index is 0.409. The Morgan fingerprint density at radius 3 is 2.57 bits per heavy atom. The molecule has 1 N–H and O–H groups in total. The van der Waals surface area contributed by atoms with Gasteiger partial charge in [0.15, 0.2) is 28.8 Å². The molecule has 0 atom stereocenters. The minimum Gasteiger partial charge on any atom is -0.493 e. The molecule has 2 aromatic heterocycles. The predicted molar refractivity (Wildman–Crippen MR) is 112 cm³/mol. The number of nitrogens with zero attached hydrogens (tertiary/aromatic N) is 4. The van der Waals surface area contributed by atoms with Crippen LogP contribution in [0.1, 0.15) is 24.6 Å².